The van der Waals surface area contributed by atoms with Gasteiger partial charge in [0.05, 0.1) is 0 Å². The van der Waals surface area contributed by atoms with Crippen LogP contribution in [0.5, 0.6) is 0 Å². The molecule has 0 aromatic carbocycles. The number of carbonyl (C=O) groups excluding carboxylic acids is 3. The standard InChI is InChI=1S/C75H134O6/c1-4-7-10-13-16-19-22-25-28-31-33-35-37-38-39-41-42-44-47-50-53-56-59-62-65-68-74(77)80-71-72(70-79-73(76)67-64-61-58-55-52-49-46-30-27-24-21-18-15-12-9-6-3)81-75(78)69-66-63-60-57-54-51-48-45-43-40-36-34-32-29-26-23-20-17-14-11-8-5-2/h7,10,16,19,21,24-25,28,30,33,35,46,72H,4-6,8-9,11-15,17-18,20,22-23,26-27,29,31-32,34,36-45,47-71H2,1-3H3/b10-7-,19-16-,24-21-,28-25-,35-33-,46-30-. The van der Waals surface area contributed by atoms with E-state index in [2.05, 4.69) is 93.7 Å². The largest absolute Gasteiger partial charge is 0.462 e. The fourth-order valence-corrected chi connectivity index (χ4v) is 10.4. The first-order valence-electron chi connectivity index (χ1n) is 35.4. The second kappa shape index (κ2) is 69.3. The first-order valence-corrected chi connectivity index (χ1v) is 35.4. The average molecular weight is 1130 g/mol. The van der Waals surface area contributed by atoms with Crippen molar-refractivity contribution in [3.05, 3.63) is 72.9 Å². The fraction of sp³-hybridized carbons (Fsp3) is 0.800. The Balaban J connectivity index is 4.32. The minimum Gasteiger partial charge on any atom is -0.462 e. The predicted molar refractivity (Wildman–Crippen MR) is 353 cm³/mol. The van der Waals surface area contributed by atoms with Gasteiger partial charge in [-0.25, -0.2) is 0 Å². The number of unbranched alkanes of at least 4 members (excludes halogenated alkanes) is 42. The number of ether oxygens (including phenoxy) is 3. The van der Waals surface area contributed by atoms with Gasteiger partial charge in [0.15, 0.2) is 6.10 Å². The molecule has 0 aromatic rings. The Bertz CT molecular complexity index is 1490. The van der Waals surface area contributed by atoms with Crippen LogP contribution in [0.25, 0.3) is 0 Å². The predicted octanol–water partition coefficient (Wildman–Crippen LogP) is 24.4. The van der Waals surface area contributed by atoms with Crippen molar-refractivity contribution in [3.8, 4) is 0 Å². The summed E-state index contributed by atoms with van der Waals surface area (Å²) in [6, 6.07) is 0. The summed E-state index contributed by atoms with van der Waals surface area (Å²) < 4.78 is 17.0. The molecule has 0 heterocycles. The van der Waals surface area contributed by atoms with Crippen molar-refractivity contribution in [2.45, 2.75) is 374 Å². The van der Waals surface area contributed by atoms with Crippen molar-refractivity contribution in [2.75, 3.05) is 13.2 Å². The third-order valence-electron chi connectivity index (χ3n) is 15.7. The van der Waals surface area contributed by atoms with Crippen LogP contribution in [0.4, 0.5) is 0 Å². The molecule has 0 aliphatic carbocycles. The molecule has 0 fully saturated rings. The molecule has 0 N–H and O–H groups in total. The number of allylic oxidation sites excluding steroid dienone is 12. The Morgan fingerprint density at radius 1 is 0.259 bits per heavy atom. The van der Waals surface area contributed by atoms with E-state index in [4.69, 9.17) is 14.2 Å². The summed E-state index contributed by atoms with van der Waals surface area (Å²) in [5.41, 5.74) is 0. The van der Waals surface area contributed by atoms with E-state index in [9.17, 15) is 14.4 Å². The molecule has 0 amide bonds. The molecule has 81 heavy (non-hydrogen) atoms. The highest BCUT2D eigenvalue weighted by molar-refractivity contribution is 5.71. The van der Waals surface area contributed by atoms with Crippen LogP contribution in [0, 0.1) is 0 Å². The number of carbonyl (C=O) groups is 3. The molecule has 0 saturated carbocycles. The van der Waals surface area contributed by atoms with Crippen LogP contribution in [0.1, 0.15) is 367 Å². The Morgan fingerprint density at radius 2 is 0.481 bits per heavy atom. The van der Waals surface area contributed by atoms with Gasteiger partial charge in [0.1, 0.15) is 13.2 Å². The lowest BCUT2D eigenvalue weighted by Crippen LogP contribution is -2.30. The summed E-state index contributed by atoms with van der Waals surface area (Å²) in [4.78, 5) is 38.5. The maximum Gasteiger partial charge on any atom is 0.306 e. The second-order valence-electron chi connectivity index (χ2n) is 23.8. The van der Waals surface area contributed by atoms with Crippen molar-refractivity contribution in [3.63, 3.8) is 0 Å². The van der Waals surface area contributed by atoms with Crippen molar-refractivity contribution in [1.82, 2.24) is 0 Å². The summed E-state index contributed by atoms with van der Waals surface area (Å²) >= 11 is 0. The molecule has 6 heteroatoms. The van der Waals surface area contributed by atoms with Gasteiger partial charge in [-0.15, -0.1) is 0 Å². The maximum atomic E-state index is 13.0. The monoisotopic (exact) mass is 1130 g/mol. The zero-order valence-electron chi connectivity index (χ0n) is 54.1. The van der Waals surface area contributed by atoms with Crippen molar-refractivity contribution in [2.24, 2.45) is 0 Å². The highest BCUT2D eigenvalue weighted by Crippen LogP contribution is 2.18. The smallest absolute Gasteiger partial charge is 0.306 e. The molecule has 470 valence electrons. The summed E-state index contributed by atoms with van der Waals surface area (Å²) in [5.74, 6) is -0.869. The van der Waals surface area contributed by atoms with E-state index in [-0.39, 0.29) is 31.1 Å². The maximum absolute atomic E-state index is 13.0. The van der Waals surface area contributed by atoms with Gasteiger partial charge < -0.3 is 14.2 Å². The van der Waals surface area contributed by atoms with Crippen molar-refractivity contribution >= 4 is 17.9 Å². The van der Waals surface area contributed by atoms with Gasteiger partial charge in [-0.05, 0) is 89.9 Å². The summed E-state index contributed by atoms with van der Waals surface area (Å²) in [6.07, 6.45) is 90.7. The molecule has 0 aliphatic rings. The molecule has 1 unspecified atom stereocenters. The number of hydrogen-bond acceptors (Lipinski definition) is 6. The first-order chi connectivity index (χ1) is 40.0. The van der Waals surface area contributed by atoms with E-state index < -0.39 is 6.10 Å². The molecule has 6 nitrogen and oxygen atoms in total. The molecule has 0 rings (SSSR count). The Morgan fingerprint density at radius 3 is 0.765 bits per heavy atom. The molecule has 1 atom stereocenters. The van der Waals surface area contributed by atoms with Gasteiger partial charge in [0.2, 0.25) is 0 Å². The van der Waals surface area contributed by atoms with E-state index >= 15 is 0 Å². The van der Waals surface area contributed by atoms with Crippen LogP contribution in [0.15, 0.2) is 72.9 Å². The molecule has 0 bridgehead atoms. The lowest BCUT2D eigenvalue weighted by molar-refractivity contribution is -0.167. The minimum absolute atomic E-state index is 0.0771. The van der Waals surface area contributed by atoms with Gasteiger partial charge in [-0.3, -0.25) is 14.4 Å². The van der Waals surface area contributed by atoms with Crippen LogP contribution in [-0.4, -0.2) is 37.2 Å². The lowest BCUT2D eigenvalue weighted by atomic mass is 10.0. The van der Waals surface area contributed by atoms with Crippen LogP contribution < -0.4 is 0 Å². The summed E-state index contributed by atoms with van der Waals surface area (Å²) in [5, 5.41) is 0. The van der Waals surface area contributed by atoms with Crippen LogP contribution >= 0.6 is 0 Å². The minimum atomic E-state index is -0.782. The second-order valence-corrected chi connectivity index (χ2v) is 23.8. The van der Waals surface area contributed by atoms with Crippen LogP contribution in [0.3, 0.4) is 0 Å². The highest BCUT2D eigenvalue weighted by Gasteiger charge is 2.19. The third kappa shape index (κ3) is 67.5. The molecule has 0 spiro atoms. The topological polar surface area (TPSA) is 78.9 Å². The van der Waals surface area contributed by atoms with E-state index in [0.29, 0.717) is 19.3 Å². The highest BCUT2D eigenvalue weighted by atomic mass is 16.6. The zero-order valence-corrected chi connectivity index (χ0v) is 54.1. The zero-order chi connectivity index (χ0) is 58.5. The normalized spacial score (nSPS) is 12.5. The van der Waals surface area contributed by atoms with Crippen molar-refractivity contribution < 1.29 is 28.6 Å². The van der Waals surface area contributed by atoms with Crippen LogP contribution in [0.2, 0.25) is 0 Å². The van der Waals surface area contributed by atoms with Crippen molar-refractivity contribution in [1.29, 1.82) is 0 Å². The van der Waals surface area contributed by atoms with Gasteiger partial charge in [-0.2, -0.15) is 0 Å². The lowest BCUT2D eigenvalue weighted by Gasteiger charge is -2.18. The van der Waals surface area contributed by atoms with Gasteiger partial charge in [-0.1, -0.05) is 331 Å². The Hall–Kier alpha value is -3.15. The Kier molecular flexibility index (Phi) is 66.6. The summed E-state index contributed by atoms with van der Waals surface area (Å²) in [7, 11) is 0. The molecule has 0 saturated heterocycles. The SMILES string of the molecule is CC/C=C\C/C=C\C/C=C\C/C=C\CCCCCCCCCCCCCCC(=O)OCC(COC(=O)CCCCCCC/C=C\C/C=C\CCCCCC)OC(=O)CCCCCCCCCCCCCCCCCCCCCCCC. The quantitative estimate of drug-likeness (QED) is 0.0261. The molecule has 0 aliphatic heterocycles. The van der Waals surface area contributed by atoms with E-state index in [1.807, 2.05) is 0 Å². The van der Waals surface area contributed by atoms with E-state index in [1.165, 1.54) is 225 Å². The van der Waals surface area contributed by atoms with Crippen LogP contribution in [-0.2, 0) is 28.6 Å². The van der Waals surface area contributed by atoms with Gasteiger partial charge in [0, 0.05) is 19.3 Å². The fourth-order valence-electron chi connectivity index (χ4n) is 10.4. The van der Waals surface area contributed by atoms with E-state index in [0.717, 1.165) is 103 Å². The summed E-state index contributed by atoms with van der Waals surface area (Å²) in [6.45, 7) is 6.56. The van der Waals surface area contributed by atoms with Gasteiger partial charge >= 0.3 is 17.9 Å². The van der Waals surface area contributed by atoms with Gasteiger partial charge in [0.25, 0.3) is 0 Å². The number of hydrogen-bond donors (Lipinski definition) is 0. The number of rotatable bonds is 65. The molecular formula is C75H134O6. The molecular weight excluding hydrogens is 997 g/mol. The third-order valence-corrected chi connectivity index (χ3v) is 15.7. The van der Waals surface area contributed by atoms with E-state index in [1.54, 1.807) is 0 Å². The molecule has 0 aromatic heterocycles. The number of esters is 3. The average Bonchev–Trinajstić information content (AvgIpc) is 3.47. The first kappa shape index (κ1) is 77.9. The molecule has 0 radical (unpaired) electrons. The Labute approximate surface area is 503 Å².